The van der Waals surface area contributed by atoms with E-state index < -0.39 is 8.32 Å². The largest absolute Gasteiger partial charge is 0.417 e. The molecule has 1 fully saturated rings. The Morgan fingerprint density at radius 2 is 2.10 bits per heavy atom. The Hall–Kier alpha value is -0.0831. The van der Waals surface area contributed by atoms with E-state index in [-0.39, 0.29) is 0 Å². The summed E-state index contributed by atoms with van der Waals surface area (Å²) in [7, 11) is -1.25. The molecular weight excluding hydrogens is 140 g/mol. The molecule has 0 aromatic carbocycles. The lowest BCUT2D eigenvalue weighted by Crippen LogP contribution is -2.26. The molecular formula is C8H16OSi. The van der Waals surface area contributed by atoms with E-state index in [0.717, 1.165) is 6.61 Å². The van der Waals surface area contributed by atoms with Crippen molar-refractivity contribution in [3.63, 3.8) is 0 Å². The van der Waals surface area contributed by atoms with E-state index in [4.69, 9.17) is 4.43 Å². The second-order valence-corrected chi connectivity index (χ2v) is 8.50. The molecule has 10 heavy (non-hydrogen) atoms. The maximum atomic E-state index is 5.70. The van der Waals surface area contributed by atoms with Crippen LogP contribution in [-0.4, -0.2) is 14.9 Å². The van der Waals surface area contributed by atoms with Crippen LogP contribution < -0.4 is 0 Å². The van der Waals surface area contributed by atoms with Gasteiger partial charge in [-0.15, -0.1) is 0 Å². The smallest absolute Gasteiger partial charge is 0.183 e. The van der Waals surface area contributed by atoms with Crippen LogP contribution in [0.5, 0.6) is 0 Å². The summed E-state index contributed by atoms with van der Waals surface area (Å²) in [5.41, 5.74) is 1.37. The molecule has 0 radical (unpaired) electrons. The van der Waals surface area contributed by atoms with Gasteiger partial charge in [-0.2, -0.15) is 0 Å². The van der Waals surface area contributed by atoms with Crippen molar-refractivity contribution in [1.29, 1.82) is 0 Å². The highest BCUT2D eigenvalue weighted by Crippen LogP contribution is 2.36. The van der Waals surface area contributed by atoms with Gasteiger partial charge in [0.1, 0.15) is 0 Å². The molecule has 1 atom stereocenters. The highest BCUT2D eigenvalue weighted by molar-refractivity contribution is 6.69. The third-order valence-corrected chi connectivity index (χ3v) is 2.68. The Kier molecular flexibility index (Phi) is 2.01. The van der Waals surface area contributed by atoms with Gasteiger partial charge >= 0.3 is 0 Å². The first-order chi connectivity index (χ1) is 4.49. The molecule has 0 N–H and O–H groups in total. The third kappa shape index (κ3) is 2.67. The summed E-state index contributed by atoms with van der Waals surface area (Å²) in [5.74, 6) is 0.701. The maximum Gasteiger partial charge on any atom is 0.183 e. The standard InChI is InChI=1S/C8H16OSi/c1-7-5-8(7)6-9-10(2,3)4/h8H,1,5-6H2,2-4H3. The normalized spacial score (nSPS) is 25.1. The van der Waals surface area contributed by atoms with Gasteiger partial charge in [-0.3, -0.25) is 0 Å². The molecule has 2 heteroatoms. The number of rotatable bonds is 3. The van der Waals surface area contributed by atoms with Crippen LogP contribution in [-0.2, 0) is 4.43 Å². The number of hydrogen-bond acceptors (Lipinski definition) is 1. The Bertz CT molecular complexity index is 146. The fraction of sp³-hybridized carbons (Fsp3) is 0.750. The van der Waals surface area contributed by atoms with Gasteiger partial charge in [0.05, 0.1) is 0 Å². The molecule has 1 rings (SSSR count). The van der Waals surface area contributed by atoms with Crippen LogP contribution in [0.3, 0.4) is 0 Å². The first kappa shape index (κ1) is 8.02. The number of hydrogen-bond donors (Lipinski definition) is 0. The lowest BCUT2D eigenvalue weighted by Gasteiger charge is -2.16. The Morgan fingerprint density at radius 1 is 1.60 bits per heavy atom. The molecule has 58 valence electrons. The molecule has 0 heterocycles. The van der Waals surface area contributed by atoms with Gasteiger partial charge in [-0.1, -0.05) is 12.2 Å². The zero-order valence-corrected chi connectivity index (χ0v) is 8.11. The summed E-state index contributed by atoms with van der Waals surface area (Å²) in [6, 6.07) is 0. The van der Waals surface area contributed by atoms with Gasteiger partial charge in [0.25, 0.3) is 0 Å². The van der Waals surface area contributed by atoms with Crippen LogP contribution in [0.2, 0.25) is 19.6 Å². The molecule has 0 aromatic rings. The van der Waals surface area contributed by atoms with E-state index >= 15 is 0 Å². The Morgan fingerprint density at radius 3 is 2.40 bits per heavy atom. The lowest BCUT2D eigenvalue weighted by atomic mass is 10.4. The summed E-state index contributed by atoms with van der Waals surface area (Å²) >= 11 is 0. The van der Waals surface area contributed by atoms with Crippen molar-refractivity contribution in [3.8, 4) is 0 Å². The van der Waals surface area contributed by atoms with Crippen LogP contribution >= 0.6 is 0 Å². The maximum absolute atomic E-state index is 5.70. The van der Waals surface area contributed by atoms with E-state index in [1.54, 1.807) is 0 Å². The highest BCUT2D eigenvalue weighted by atomic mass is 28.4. The van der Waals surface area contributed by atoms with Crippen molar-refractivity contribution < 1.29 is 4.43 Å². The molecule has 0 amide bonds. The van der Waals surface area contributed by atoms with Gasteiger partial charge in [0, 0.05) is 12.5 Å². The van der Waals surface area contributed by atoms with E-state index in [2.05, 4.69) is 26.2 Å². The van der Waals surface area contributed by atoms with Gasteiger partial charge in [-0.05, 0) is 26.1 Å². The summed E-state index contributed by atoms with van der Waals surface area (Å²) in [6.07, 6.45) is 1.20. The van der Waals surface area contributed by atoms with Crippen LogP contribution in [0, 0.1) is 5.92 Å². The SMILES string of the molecule is C=C1CC1CO[Si](C)(C)C. The van der Waals surface area contributed by atoms with Crippen molar-refractivity contribution in [1.82, 2.24) is 0 Å². The van der Waals surface area contributed by atoms with Gasteiger partial charge in [0.2, 0.25) is 0 Å². The van der Waals surface area contributed by atoms with Crippen LogP contribution in [0.1, 0.15) is 6.42 Å². The van der Waals surface area contributed by atoms with Crippen LogP contribution in [0.15, 0.2) is 12.2 Å². The molecule has 0 aromatic heterocycles. The van der Waals surface area contributed by atoms with Gasteiger partial charge in [-0.25, -0.2) is 0 Å². The van der Waals surface area contributed by atoms with Crippen LogP contribution in [0.25, 0.3) is 0 Å². The fourth-order valence-electron chi connectivity index (χ4n) is 0.785. The second kappa shape index (κ2) is 2.51. The first-order valence-corrected chi connectivity index (χ1v) is 7.21. The van der Waals surface area contributed by atoms with Gasteiger partial charge in [0.15, 0.2) is 8.32 Å². The third-order valence-electron chi connectivity index (χ3n) is 1.64. The average Bonchev–Trinajstić information content (AvgIpc) is 2.40. The van der Waals surface area contributed by atoms with E-state index in [1.807, 2.05) is 0 Å². The van der Waals surface area contributed by atoms with E-state index in [0.29, 0.717) is 5.92 Å². The second-order valence-electron chi connectivity index (χ2n) is 3.98. The molecule has 1 aliphatic carbocycles. The quantitative estimate of drug-likeness (QED) is 0.450. The minimum absolute atomic E-state index is 0.701. The first-order valence-electron chi connectivity index (χ1n) is 3.81. The van der Waals surface area contributed by atoms with Gasteiger partial charge < -0.3 is 4.43 Å². The van der Waals surface area contributed by atoms with Crippen molar-refractivity contribution >= 4 is 8.32 Å². The van der Waals surface area contributed by atoms with Crippen molar-refractivity contribution in [2.24, 2.45) is 5.92 Å². The molecule has 0 spiro atoms. The van der Waals surface area contributed by atoms with E-state index in [9.17, 15) is 0 Å². The minimum Gasteiger partial charge on any atom is -0.417 e. The summed E-state index contributed by atoms with van der Waals surface area (Å²) in [4.78, 5) is 0. The van der Waals surface area contributed by atoms with Crippen molar-refractivity contribution in [2.75, 3.05) is 6.61 Å². The van der Waals surface area contributed by atoms with Crippen molar-refractivity contribution in [2.45, 2.75) is 26.1 Å². The monoisotopic (exact) mass is 156 g/mol. The summed E-state index contributed by atoms with van der Waals surface area (Å²) in [5, 5.41) is 0. The summed E-state index contributed by atoms with van der Waals surface area (Å²) < 4.78 is 5.70. The molecule has 1 nitrogen and oxygen atoms in total. The molecule has 1 unspecified atom stereocenters. The van der Waals surface area contributed by atoms with Crippen molar-refractivity contribution in [3.05, 3.63) is 12.2 Å². The van der Waals surface area contributed by atoms with Crippen LogP contribution in [0.4, 0.5) is 0 Å². The predicted molar refractivity (Wildman–Crippen MR) is 46.5 cm³/mol. The fourth-order valence-corrected chi connectivity index (χ4v) is 1.49. The average molecular weight is 156 g/mol. The minimum atomic E-state index is -1.25. The lowest BCUT2D eigenvalue weighted by molar-refractivity contribution is 0.298. The Labute approximate surface area is 64.2 Å². The molecule has 0 bridgehead atoms. The molecule has 0 saturated heterocycles. The topological polar surface area (TPSA) is 9.23 Å². The molecule has 0 aliphatic heterocycles. The zero-order valence-electron chi connectivity index (χ0n) is 7.11. The van der Waals surface area contributed by atoms with E-state index in [1.165, 1.54) is 12.0 Å². The summed E-state index contributed by atoms with van der Waals surface area (Å²) in [6.45, 7) is 11.5. The molecule has 1 aliphatic rings. The Balaban J connectivity index is 2.12. The predicted octanol–water partition coefficient (Wildman–Crippen LogP) is 2.41. The molecule has 1 saturated carbocycles. The zero-order chi connectivity index (χ0) is 7.78. The highest BCUT2D eigenvalue weighted by Gasteiger charge is 2.29.